The molecular formula is C14H22N2O2S. The van der Waals surface area contributed by atoms with Gasteiger partial charge in [0.05, 0.1) is 4.90 Å². The molecule has 0 bridgehead atoms. The average molecular weight is 282 g/mol. The molecule has 0 unspecified atom stereocenters. The fourth-order valence-corrected chi connectivity index (χ4v) is 3.88. The molecule has 2 rings (SSSR count). The highest BCUT2D eigenvalue weighted by Gasteiger charge is 2.22. The number of hydrogen-bond donors (Lipinski definition) is 2. The van der Waals surface area contributed by atoms with E-state index in [-0.39, 0.29) is 6.04 Å². The van der Waals surface area contributed by atoms with Gasteiger partial charge in [0.1, 0.15) is 0 Å². The monoisotopic (exact) mass is 282 g/mol. The molecule has 0 radical (unpaired) electrons. The van der Waals surface area contributed by atoms with Crippen molar-refractivity contribution in [3.63, 3.8) is 0 Å². The van der Waals surface area contributed by atoms with Gasteiger partial charge in [0.2, 0.25) is 10.0 Å². The molecule has 4 nitrogen and oxygen atoms in total. The molecule has 19 heavy (non-hydrogen) atoms. The lowest BCUT2D eigenvalue weighted by molar-refractivity contribution is 0.552. The first-order chi connectivity index (χ1) is 9.12. The van der Waals surface area contributed by atoms with Crippen molar-refractivity contribution in [2.75, 3.05) is 6.54 Å². The van der Waals surface area contributed by atoms with Crippen LogP contribution in [-0.2, 0) is 16.4 Å². The Labute approximate surface area is 115 Å². The summed E-state index contributed by atoms with van der Waals surface area (Å²) < 4.78 is 27.4. The van der Waals surface area contributed by atoms with Gasteiger partial charge in [0.15, 0.2) is 0 Å². The molecule has 5 heteroatoms. The minimum Gasteiger partial charge on any atom is -0.330 e. The van der Waals surface area contributed by atoms with E-state index in [0.29, 0.717) is 11.4 Å². The maximum absolute atomic E-state index is 12.3. The minimum absolute atomic E-state index is 0.109. The van der Waals surface area contributed by atoms with E-state index in [1.807, 2.05) is 6.07 Å². The van der Waals surface area contributed by atoms with Crippen molar-refractivity contribution in [2.45, 2.75) is 49.5 Å². The van der Waals surface area contributed by atoms with Crippen molar-refractivity contribution in [3.8, 4) is 0 Å². The van der Waals surface area contributed by atoms with Gasteiger partial charge in [0, 0.05) is 6.04 Å². The largest absolute Gasteiger partial charge is 0.330 e. The van der Waals surface area contributed by atoms with Crippen molar-refractivity contribution in [1.29, 1.82) is 0 Å². The van der Waals surface area contributed by atoms with Crippen LogP contribution in [0.2, 0.25) is 0 Å². The predicted octanol–water partition coefficient (Wildman–Crippen LogP) is 1.80. The van der Waals surface area contributed by atoms with Crippen LogP contribution in [0.1, 0.15) is 37.7 Å². The summed E-state index contributed by atoms with van der Waals surface area (Å²) in [6, 6.07) is 7.27. The smallest absolute Gasteiger partial charge is 0.240 e. The third kappa shape index (κ3) is 4.03. The van der Waals surface area contributed by atoms with Gasteiger partial charge in [-0.3, -0.25) is 0 Å². The zero-order valence-corrected chi connectivity index (χ0v) is 12.0. The van der Waals surface area contributed by atoms with E-state index in [1.165, 1.54) is 0 Å². The zero-order valence-electron chi connectivity index (χ0n) is 11.1. The van der Waals surface area contributed by atoms with E-state index in [0.717, 1.165) is 44.1 Å². The molecule has 0 aliphatic heterocycles. The second-order valence-electron chi connectivity index (χ2n) is 5.14. The van der Waals surface area contributed by atoms with Crippen molar-refractivity contribution < 1.29 is 8.42 Å². The number of nitrogens with two attached hydrogens (primary N) is 1. The number of sulfonamides is 1. The highest BCUT2D eigenvalue weighted by atomic mass is 32.2. The number of nitrogens with one attached hydrogen (secondary N) is 1. The summed E-state index contributed by atoms with van der Waals surface area (Å²) >= 11 is 0. The van der Waals surface area contributed by atoms with Gasteiger partial charge in [0.25, 0.3) is 0 Å². The van der Waals surface area contributed by atoms with Crippen LogP contribution in [0.5, 0.6) is 0 Å². The van der Waals surface area contributed by atoms with Gasteiger partial charge in [-0.1, -0.05) is 25.0 Å². The summed E-state index contributed by atoms with van der Waals surface area (Å²) in [5.41, 5.74) is 6.51. The van der Waals surface area contributed by atoms with Crippen LogP contribution in [-0.4, -0.2) is 21.0 Å². The number of aryl methyl sites for hydroxylation is 1. The number of benzene rings is 1. The first-order valence-electron chi connectivity index (χ1n) is 6.93. The third-order valence-corrected chi connectivity index (χ3v) is 5.07. The Morgan fingerprint density at radius 2 is 2.00 bits per heavy atom. The molecule has 3 N–H and O–H groups in total. The molecule has 1 aromatic carbocycles. The van der Waals surface area contributed by atoms with Crippen molar-refractivity contribution in [3.05, 3.63) is 29.8 Å². The van der Waals surface area contributed by atoms with Gasteiger partial charge in [-0.25, -0.2) is 13.1 Å². The summed E-state index contributed by atoms with van der Waals surface area (Å²) in [4.78, 5) is 0.369. The molecule has 1 aliphatic carbocycles. The molecule has 1 aliphatic rings. The standard InChI is InChI=1S/C14H22N2O2S/c15-10-4-6-12-5-3-9-14(11-12)19(17,18)16-13-7-1-2-8-13/h3,5,9,11,13,16H,1-2,4,6-8,10,15H2. The van der Waals surface area contributed by atoms with Crippen molar-refractivity contribution in [2.24, 2.45) is 5.73 Å². The van der Waals surface area contributed by atoms with Gasteiger partial charge >= 0.3 is 0 Å². The van der Waals surface area contributed by atoms with Crippen LogP contribution in [0.3, 0.4) is 0 Å². The maximum Gasteiger partial charge on any atom is 0.240 e. The van der Waals surface area contributed by atoms with E-state index < -0.39 is 10.0 Å². The highest BCUT2D eigenvalue weighted by Crippen LogP contribution is 2.21. The Morgan fingerprint density at radius 1 is 1.26 bits per heavy atom. The normalized spacial score (nSPS) is 16.9. The zero-order chi connectivity index (χ0) is 13.7. The summed E-state index contributed by atoms with van der Waals surface area (Å²) in [6.45, 7) is 0.622. The Hall–Kier alpha value is -0.910. The summed E-state index contributed by atoms with van der Waals surface area (Å²) in [6.07, 6.45) is 5.83. The molecule has 1 fully saturated rings. The van der Waals surface area contributed by atoms with Crippen molar-refractivity contribution >= 4 is 10.0 Å². The second-order valence-corrected chi connectivity index (χ2v) is 6.86. The van der Waals surface area contributed by atoms with Gasteiger partial charge < -0.3 is 5.73 Å². The molecule has 0 aromatic heterocycles. The lowest BCUT2D eigenvalue weighted by Gasteiger charge is -2.13. The van der Waals surface area contributed by atoms with Crippen LogP contribution < -0.4 is 10.5 Å². The van der Waals surface area contributed by atoms with E-state index in [9.17, 15) is 8.42 Å². The third-order valence-electron chi connectivity index (χ3n) is 3.56. The quantitative estimate of drug-likeness (QED) is 0.835. The van der Waals surface area contributed by atoms with Crippen LogP contribution in [0.15, 0.2) is 29.2 Å². The van der Waals surface area contributed by atoms with E-state index in [2.05, 4.69) is 4.72 Å². The van der Waals surface area contributed by atoms with Crippen LogP contribution >= 0.6 is 0 Å². The molecular weight excluding hydrogens is 260 g/mol. The average Bonchev–Trinajstić information content (AvgIpc) is 2.89. The first-order valence-corrected chi connectivity index (χ1v) is 8.41. The van der Waals surface area contributed by atoms with E-state index in [1.54, 1.807) is 18.2 Å². The second kappa shape index (κ2) is 6.50. The summed E-state index contributed by atoms with van der Waals surface area (Å²) in [7, 11) is -3.37. The van der Waals surface area contributed by atoms with Gasteiger partial charge in [-0.15, -0.1) is 0 Å². The van der Waals surface area contributed by atoms with Crippen LogP contribution in [0.4, 0.5) is 0 Å². The molecule has 0 amide bonds. The summed E-state index contributed by atoms with van der Waals surface area (Å²) in [5.74, 6) is 0. The Kier molecular flexibility index (Phi) is 4.96. The van der Waals surface area contributed by atoms with Crippen molar-refractivity contribution in [1.82, 2.24) is 4.72 Å². The fraction of sp³-hybridized carbons (Fsp3) is 0.571. The Bertz CT molecular complexity index is 508. The number of hydrogen-bond acceptors (Lipinski definition) is 3. The fourth-order valence-electron chi connectivity index (χ4n) is 2.51. The maximum atomic E-state index is 12.3. The summed E-state index contributed by atoms with van der Waals surface area (Å²) in [5, 5.41) is 0. The topological polar surface area (TPSA) is 72.2 Å². The van der Waals surface area contributed by atoms with Crippen LogP contribution in [0, 0.1) is 0 Å². The lowest BCUT2D eigenvalue weighted by Crippen LogP contribution is -2.32. The lowest BCUT2D eigenvalue weighted by atomic mass is 10.1. The van der Waals surface area contributed by atoms with Gasteiger partial charge in [-0.05, 0) is 49.9 Å². The Balaban J connectivity index is 2.10. The molecule has 0 atom stereocenters. The van der Waals surface area contributed by atoms with E-state index in [4.69, 9.17) is 5.73 Å². The molecule has 1 aromatic rings. The van der Waals surface area contributed by atoms with Crippen LogP contribution in [0.25, 0.3) is 0 Å². The predicted molar refractivity (Wildman–Crippen MR) is 76.4 cm³/mol. The highest BCUT2D eigenvalue weighted by molar-refractivity contribution is 7.89. The SMILES string of the molecule is NCCCc1cccc(S(=O)(=O)NC2CCCC2)c1. The van der Waals surface area contributed by atoms with Gasteiger partial charge in [-0.2, -0.15) is 0 Å². The number of rotatable bonds is 6. The molecule has 0 heterocycles. The first kappa shape index (κ1) is 14.5. The molecule has 106 valence electrons. The van der Waals surface area contributed by atoms with E-state index >= 15 is 0 Å². The molecule has 1 saturated carbocycles. The Morgan fingerprint density at radius 3 is 2.68 bits per heavy atom. The minimum atomic E-state index is -3.37. The molecule has 0 spiro atoms. The molecule has 0 saturated heterocycles.